The second-order valence-electron chi connectivity index (χ2n) is 5.65. The maximum absolute atomic E-state index is 12.4. The van der Waals surface area contributed by atoms with Crippen LogP contribution in [-0.4, -0.2) is 19.0 Å². The van der Waals surface area contributed by atoms with Crippen LogP contribution in [0.25, 0.3) is 0 Å². The van der Waals surface area contributed by atoms with Gasteiger partial charge in [-0.05, 0) is 31.7 Å². The van der Waals surface area contributed by atoms with E-state index in [2.05, 4.69) is 19.9 Å². The quantitative estimate of drug-likeness (QED) is 0.724. The molecule has 2 atom stereocenters. The zero-order valence-electron chi connectivity index (χ0n) is 12.2. The van der Waals surface area contributed by atoms with Crippen LogP contribution in [0.3, 0.4) is 0 Å². The molecule has 1 aromatic heterocycles. The molecule has 0 spiro atoms. The van der Waals surface area contributed by atoms with Crippen molar-refractivity contribution < 1.29 is 13.9 Å². The predicted octanol–water partition coefficient (Wildman–Crippen LogP) is 3.70. The molecule has 0 unspecified atom stereocenters. The van der Waals surface area contributed by atoms with E-state index >= 15 is 0 Å². The summed E-state index contributed by atoms with van der Waals surface area (Å²) in [7, 11) is 1.72. The summed E-state index contributed by atoms with van der Waals surface area (Å²) < 4.78 is 11.0. The molecule has 3 nitrogen and oxygen atoms in total. The van der Waals surface area contributed by atoms with Crippen molar-refractivity contribution in [2.75, 3.05) is 7.11 Å². The number of ketones is 1. The van der Waals surface area contributed by atoms with Crippen LogP contribution >= 0.6 is 0 Å². The Hall–Kier alpha value is -1.35. The molecule has 1 aromatic rings. The minimum absolute atomic E-state index is 0.0837. The summed E-state index contributed by atoms with van der Waals surface area (Å²) in [5.41, 5.74) is 2.92. The van der Waals surface area contributed by atoms with E-state index in [1.165, 1.54) is 5.57 Å². The molecule has 104 valence electrons. The number of carbonyl (C=O) groups is 1. The highest BCUT2D eigenvalue weighted by atomic mass is 16.5. The molecule has 0 amide bonds. The first-order chi connectivity index (χ1) is 9.01. The van der Waals surface area contributed by atoms with Gasteiger partial charge < -0.3 is 9.15 Å². The third kappa shape index (κ3) is 3.16. The van der Waals surface area contributed by atoms with E-state index in [9.17, 15) is 4.79 Å². The smallest absolute Gasteiger partial charge is 0.166 e. The fourth-order valence-electron chi connectivity index (χ4n) is 2.76. The molecule has 2 rings (SSSR count). The molecule has 19 heavy (non-hydrogen) atoms. The van der Waals surface area contributed by atoms with Gasteiger partial charge in [-0.25, -0.2) is 0 Å². The summed E-state index contributed by atoms with van der Waals surface area (Å²) in [6, 6.07) is 0. The molecule has 0 aliphatic heterocycles. The van der Waals surface area contributed by atoms with Gasteiger partial charge in [0, 0.05) is 20.0 Å². The average Bonchev–Trinajstić information content (AvgIpc) is 2.68. The van der Waals surface area contributed by atoms with Crippen molar-refractivity contribution in [3.8, 4) is 0 Å². The molecule has 0 bridgehead atoms. The van der Waals surface area contributed by atoms with Gasteiger partial charge in [0.05, 0.1) is 17.9 Å². The Bertz CT molecular complexity index is 496. The lowest BCUT2D eigenvalue weighted by atomic mass is 9.90. The lowest BCUT2D eigenvalue weighted by Crippen LogP contribution is -2.18. The second-order valence-corrected chi connectivity index (χ2v) is 5.65. The lowest BCUT2D eigenvalue weighted by molar-refractivity contribution is 0.0913. The average molecular weight is 262 g/mol. The summed E-state index contributed by atoms with van der Waals surface area (Å²) in [6.07, 6.45) is 6.04. The fourth-order valence-corrected chi connectivity index (χ4v) is 2.76. The van der Waals surface area contributed by atoms with E-state index in [4.69, 9.17) is 9.15 Å². The van der Waals surface area contributed by atoms with E-state index in [1.807, 2.05) is 6.92 Å². The number of fused-ring (bicyclic) bond motifs is 1. The van der Waals surface area contributed by atoms with Gasteiger partial charge in [-0.1, -0.05) is 18.6 Å². The Morgan fingerprint density at radius 2 is 2.11 bits per heavy atom. The van der Waals surface area contributed by atoms with E-state index < -0.39 is 0 Å². The first-order valence-corrected chi connectivity index (χ1v) is 6.81. The van der Waals surface area contributed by atoms with E-state index in [0.29, 0.717) is 18.8 Å². The minimum atomic E-state index is 0.0837. The summed E-state index contributed by atoms with van der Waals surface area (Å²) in [5, 5.41) is 0. The van der Waals surface area contributed by atoms with Gasteiger partial charge in [0.15, 0.2) is 5.78 Å². The molecule has 0 saturated carbocycles. The number of carbonyl (C=O) groups excluding carboxylic acids is 1. The molecule has 0 saturated heterocycles. The van der Waals surface area contributed by atoms with Crippen molar-refractivity contribution in [3.05, 3.63) is 34.8 Å². The molecule has 3 heteroatoms. The zero-order chi connectivity index (χ0) is 14.0. The monoisotopic (exact) mass is 262 g/mol. The maximum atomic E-state index is 12.4. The third-order valence-corrected chi connectivity index (χ3v) is 3.71. The minimum Gasteiger partial charge on any atom is -0.468 e. The predicted molar refractivity (Wildman–Crippen MR) is 74.4 cm³/mol. The van der Waals surface area contributed by atoms with Crippen LogP contribution in [0.2, 0.25) is 0 Å². The van der Waals surface area contributed by atoms with Gasteiger partial charge in [-0.3, -0.25) is 4.79 Å². The number of aryl methyl sites for hydroxylation is 1. The SMILES string of the molecule is CO[C@@H]1/C=C(\C)Cc2occ(C)c2C(=O)C[C@@H](C)C1. The number of rotatable bonds is 1. The third-order valence-electron chi connectivity index (χ3n) is 3.71. The number of hydrogen-bond donors (Lipinski definition) is 0. The summed E-state index contributed by atoms with van der Waals surface area (Å²) in [5.74, 6) is 1.29. The standard InChI is InChI=1S/C16H22O3/c1-10-5-13(18-4)6-11(2)8-15-16(14(17)7-10)12(3)9-19-15/h6,9-10,13H,5,7-8H2,1-4H3/b11-6+/t10-,13-/m0/s1. The lowest BCUT2D eigenvalue weighted by Gasteiger charge is -2.19. The normalized spacial score (nSPS) is 27.6. The van der Waals surface area contributed by atoms with Crippen molar-refractivity contribution in [2.24, 2.45) is 5.92 Å². The number of furan rings is 1. The highest BCUT2D eigenvalue weighted by Gasteiger charge is 2.23. The molecule has 0 radical (unpaired) electrons. The van der Waals surface area contributed by atoms with Crippen molar-refractivity contribution in [3.63, 3.8) is 0 Å². The number of hydrogen-bond acceptors (Lipinski definition) is 3. The van der Waals surface area contributed by atoms with E-state index in [-0.39, 0.29) is 11.9 Å². The second kappa shape index (κ2) is 5.74. The highest BCUT2D eigenvalue weighted by Crippen LogP contribution is 2.26. The number of Topliss-reactive ketones (excluding diaryl/α,β-unsaturated/α-hetero) is 1. The van der Waals surface area contributed by atoms with Gasteiger partial charge in [0.1, 0.15) is 5.76 Å². The van der Waals surface area contributed by atoms with Crippen molar-refractivity contribution in [2.45, 2.75) is 46.1 Å². The van der Waals surface area contributed by atoms with Crippen LogP contribution in [0.5, 0.6) is 0 Å². The van der Waals surface area contributed by atoms with Crippen LogP contribution in [0.4, 0.5) is 0 Å². The van der Waals surface area contributed by atoms with E-state index in [0.717, 1.165) is 23.3 Å². The first kappa shape index (κ1) is 14.1. The van der Waals surface area contributed by atoms with Gasteiger partial charge in [-0.2, -0.15) is 0 Å². The summed E-state index contributed by atoms with van der Waals surface area (Å²) >= 11 is 0. The number of methoxy groups -OCH3 is 1. The first-order valence-electron chi connectivity index (χ1n) is 6.81. The summed E-state index contributed by atoms with van der Waals surface area (Å²) in [6.45, 7) is 6.10. The van der Waals surface area contributed by atoms with Crippen LogP contribution in [0.15, 0.2) is 22.3 Å². The molecule has 0 fully saturated rings. The maximum Gasteiger partial charge on any atom is 0.166 e. The van der Waals surface area contributed by atoms with Crippen LogP contribution in [0, 0.1) is 12.8 Å². The van der Waals surface area contributed by atoms with Crippen LogP contribution in [0.1, 0.15) is 48.4 Å². The fraction of sp³-hybridized carbons (Fsp3) is 0.562. The van der Waals surface area contributed by atoms with Gasteiger partial charge in [0.2, 0.25) is 0 Å². The molecule has 0 aromatic carbocycles. The van der Waals surface area contributed by atoms with Crippen LogP contribution in [-0.2, 0) is 11.2 Å². The molecule has 1 aliphatic carbocycles. The van der Waals surface area contributed by atoms with Gasteiger partial charge in [-0.15, -0.1) is 0 Å². The number of ether oxygens (including phenoxy) is 1. The Balaban J connectivity index is 2.40. The largest absolute Gasteiger partial charge is 0.468 e. The van der Waals surface area contributed by atoms with Crippen molar-refractivity contribution >= 4 is 5.78 Å². The Morgan fingerprint density at radius 1 is 1.37 bits per heavy atom. The molecule has 1 heterocycles. The Labute approximate surface area is 114 Å². The topological polar surface area (TPSA) is 39.4 Å². The van der Waals surface area contributed by atoms with Gasteiger partial charge >= 0.3 is 0 Å². The molecular weight excluding hydrogens is 240 g/mol. The Morgan fingerprint density at radius 3 is 2.79 bits per heavy atom. The van der Waals surface area contributed by atoms with Crippen LogP contribution < -0.4 is 0 Å². The molecular formula is C16H22O3. The van der Waals surface area contributed by atoms with E-state index in [1.54, 1.807) is 13.4 Å². The highest BCUT2D eigenvalue weighted by molar-refractivity contribution is 5.98. The summed E-state index contributed by atoms with van der Waals surface area (Å²) in [4.78, 5) is 12.4. The Kier molecular flexibility index (Phi) is 4.25. The molecule has 1 aliphatic rings. The zero-order valence-corrected chi connectivity index (χ0v) is 12.2. The number of allylic oxidation sites excluding steroid dienone is 1. The van der Waals surface area contributed by atoms with Crippen molar-refractivity contribution in [1.82, 2.24) is 0 Å². The molecule has 0 N–H and O–H groups in total. The van der Waals surface area contributed by atoms with Gasteiger partial charge in [0.25, 0.3) is 0 Å². The van der Waals surface area contributed by atoms with Crippen molar-refractivity contribution in [1.29, 1.82) is 0 Å².